The number of azo groups is 1. The fraction of sp³-hybridized carbons (Fsp3) is 0. The van der Waals surface area contributed by atoms with Gasteiger partial charge in [-0.15, -0.1) is 10.2 Å². The number of para-hydroxylation sites is 1. The standard InChI is InChI=1S/C12H7Cl2N3O2/c13-8-5-6-10(9(14)7-8)15-16-11-3-1-2-4-12(11)17(18)19/h1-7H. The Hall–Kier alpha value is -1.98. The van der Waals surface area contributed by atoms with Gasteiger partial charge in [-0.3, -0.25) is 10.1 Å². The molecule has 0 bridgehead atoms. The Morgan fingerprint density at radius 2 is 1.68 bits per heavy atom. The molecule has 2 aromatic carbocycles. The Kier molecular flexibility index (Phi) is 4.09. The zero-order valence-corrected chi connectivity index (χ0v) is 11.0. The van der Waals surface area contributed by atoms with E-state index in [4.69, 9.17) is 23.2 Å². The van der Waals surface area contributed by atoms with E-state index in [0.717, 1.165) is 0 Å². The minimum Gasteiger partial charge on any atom is -0.258 e. The smallest absolute Gasteiger partial charge is 0.258 e. The molecule has 0 aliphatic rings. The van der Waals surface area contributed by atoms with Crippen molar-refractivity contribution in [2.75, 3.05) is 0 Å². The van der Waals surface area contributed by atoms with Crippen LogP contribution in [-0.4, -0.2) is 4.92 Å². The van der Waals surface area contributed by atoms with E-state index in [0.29, 0.717) is 15.7 Å². The third-order valence-electron chi connectivity index (χ3n) is 2.25. The maximum Gasteiger partial charge on any atom is 0.296 e. The van der Waals surface area contributed by atoms with Crippen LogP contribution in [-0.2, 0) is 0 Å². The van der Waals surface area contributed by atoms with Gasteiger partial charge >= 0.3 is 0 Å². The summed E-state index contributed by atoms with van der Waals surface area (Å²) in [5.41, 5.74) is 0.444. The van der Waals surface area contributed by atoms with Crippen molar-refractivity contribution in [3.05, 3.63) is 62.6 Å². The van der Waals surface area contributed by atoms with Crippen LogP contribution >= 0.6 is 23.2 Å². The number of hydrogen-bond acceptors (Lipinski definition) is 4. The number of nitro groups is 1. The summed E-state index contributed by atoms with van der Waals surface area (Å²) in [6.07, 6.45) is 0. The largest absolute Gasteiger partial charge is 0.296 e. The van der Waals surface area contributed by atoms with E-state index in [2.05, 4.69) is 10.2 Å². The maximum absolute atomic E-state index is 10.8. The van der Waals surface area contributed by atoms with Crippen molar-refractivity contribution in [1.82, 2.24) is 0 Å². The molecule has 0 atom stereocenters. The summed E-state index contributed by atoms with van der Waals surface area (Å²) in [5.74, 6) is 0. The summed E-state index contributed by atoms with van der Waals surface area (Å²) in [5, 5.41) is 19.3. The van der Waals surface area contributed by atoms with Crippen LogP contribution in [0.5, 0.6) is 0 Å². The predicted molar refractivity (Wildman–Crippen MR) is 73.7 cm³/mol. The number of benzene rings is 2. The average molecular weight is 296 g/mol. The zero-order valence-electron chi connectivity index (χ0n) is 9.46. The van der Waals surface area contributed by atoms with Gasteiger partial charge in [0.25, 0.3) is 5.69 Å². The summed E-state index contributed by atoms with van der Waals surface area (Å²) in [6, 6.07) is 10.8. The van der Waals surface area contributed by atoms with Gasteiger partial charge in [-0.2, -0.15) is 0 Å². The van der Waals surface area contributed by atoms with Crippen molar-refractivity contribution in [3.8, 4) is 0 Å². The first-order valence-electron chi connectivity index (χ1n) is 5.18. The summed E-state index contributed by atoms with van der Waals surface area (Å²) < 4.78 is 0. The summed E-state index contributed by atoms with van der Waals surface area (Å²) in [6.45, 7) is 0. The normalized spacial score (nSPS) is 10.8. The Labute approximate surface area is 118 Å². The molecule has 0 radical (unpaired) electrons. The van der Waals surface area contributed by atoms with Gasteiger partial charge in [-0.1, -0.05) is 35.3 Å². The quantitative estimate of drug-likeness (QED) is 0.437. The Morgan fingerprint density at radius 3 is 2.37 bits per heavy atom. The van der Waals surface area contributed by atoms with Crippen molar-refractivity contribution >= 4 is 40.3 Å². The average Bonchev–Trinajstić information content (AvgIpc) is 2.38. The molecule has 5 nitrogen and oxygen atoms in total. The molecular weight excluding hydrogens is 289 g/mol. The predicted octanol–water partition coefficient (Wildman–Crippen LogP) is 5.32. The molecule has 96 valence electrons. The zero-order chi connectivity index (χ0) is 13.8. The van der Waals surface area contributed by atoms with E-state index in [1.807, 2.05) is 0 Å². The van der Waals surface area contributed by atoms with Crippen molar-refractivity contribution in [2.24, 2.45) is 10.2 Å². The molecule has 0 aromatic heterocycles. The number of halogens is 2. The van der Waals surface area contributed by atoms with Crippen LogP contribution in [0.4, 0.5) is 17.1 Å². The SMILES string of the molecule is O=[N+]([O-])c1ccccc1N=Nc1ccc(Cl)cc1Cl. The van der Waals surface area contributed by atoms with Gasteiger partial charge in [0.15, 0.2) is 5.69 Å². The van der Waals surface area contributed by atoms with Gasteiger partial charge in [0, 0.05) is 11.1 Å². The van der Waals surface area contributed by atoms with Crippen molar-refractivity contribution < 1.29 is 4.92 Å². The molecule has 0 fully saturated rings. The lowest BCUT2D eigenvalue weighted by molar-refractivity contribution is -0.384. The Bertz CT molecular complexity index is 659. The molecule has 0 saturated carbocycles. The third-order valence-corrected chi connectivity index (χ3v) is 2.79. The van der Waals surface area contributed by atoms with E-state index < -0.39 is 4.92 Å². The van der Waals surface area contributed by atoms with Gasteiger partial charge < -0.3 is 0 Å². The first kappa shape index (κ1) is 13.5. The molecule has 0 unspecified atom stereocenters. The topological polar surface area (TPSA) is 67.9 Å². The van der Waals surface area contributed by atoms with E-state index in [9.17, 15) is 10.1 Å². The highest BCUT2D eigenvalue weighted by atomic mass is 35.5. The van der Waals surface area contributed by atoms with Gasteiger partial charge in [0.2, 0.25) is 0 Å². The van der Waals surface area contributed by atoms with E-state index in [-0.39, 0.29) is 11.4 Å². The second-order valence-corrected chi connectivity index (χ2v) is 4.39. The van der Waals surface area contributed by atoms with Gasteiger partial charge in [0.05, 0.1) is 9.95 Å². The molecule has 2 aromatic rings. The van der Waals surface area contributed by atoms with Crippen LogP contribution in [0.3, 0.4) is 0 Å². The van der Waals surface area contributed by atoms with Crippen molar-refractivity contribution in [2.45, 2.75) is 0 Å². The van der Waals surface area contributed by atoms with Crippen LogP contribution in [0.2, 0.25) is 10.0 Å². The lowest BCUT2D eigenvalue weighted by atomic mass is 10.3. The fourth-order valence-electron chi connectivity index (χ4n) is 1.37. The second-order valence-electron chi connectivity index (χ2n) is 3.54. The van der Waals surface area contributed by atoms with E-state index in [1.54, 1.807) is 24.3 Å². The highest BCUT2D eigenvalue weighted by Crippen LogP contribution is 2.32. The third kappa shape index (κ3) is 3.27. The Balaban J connectivity index is 2.35. The second kappa shape index (κ2) is 5.77. The summed E-state index contributed by atoms with van der Waals surface area (Å²) in [7, 11) is 0. The van der Waals surface area contributed by atoms with Crippen LogP contribution in [0, 0.1) is 10.1 Å². The lowest BCUT2D eigenvalue weighted by Gasteiger charge is -1.98. The number of rotatable bonds is 3. The first-order valence-corrected chi connectivity index (χ1v) is 5.94. The van der Waals surface area contributed by atoms with Gasteiger partial charge in [0.1, 0.15) is 5.69 Å². The van der Waals surface area contributed by atoms with Crippen LogP contribution in [0.25, 0.3) is 0 Å². The molecule has 0 heterocycles. The molecule has 0 aliphatic carbocycles. The van der Waals surface area contributed by atoms with E-state index >= 15 is 0 Å². The number of nitrogens with zero attached hydrogens (tertiary/aromatic N) is 3. The molecule has 0 aliphatic heterocycles. The molecule has 19 heavy (non-hydrogen) atoms. The van der Waals surface area contributed by atoms with Crippen LogP contribution in [0.1, 0.15) is 0 Å². The molecule has 0 spiro atoms. The summed E-state index contributed by atoms with van der Waals surface area (Å²) in [4.78, 5) is 10.3. The minimum atomic E-state index is -0.516. The number of hydrogen-bond donors (Lipinski definition) is 0. The maximum atomic E-state index is 10.8. The molecule has 0 amide bonds. The molecular formula is C12H7Cl2N3O2. The highest BCUT2D eigenvalue weighted by molar-refractivity contribution is 6.36. The van der Waals surface area contributed by atoms with Crippen molar-refractivity contribution in [3.63, 3.8) is 0 Å². The first-order chi connectivity index (χ1) is 9.08. The minimum absolute atomic E-state index is 0.115. The highest BCUT2D eigenvalue weighted by Gasteiger charge is 2.11. The van der Waals surface area contributed by atoms with Gasteiger partial charge in [-0.25, -0.2) is 0 Å². The van der Waals surface area contributed by atoms with Crippen molar-refractivity contribution in [1.29, 1.82) is 0 Å². The molecule has 2 rings (SSSR count). The monoisotopic (exact) mass is 295 g/mol. The molecule has 7 heteroatoms. The number of nitro benzene ring substituents is 1. The summed E-state index contributed by atoms with van der Waals surface area (Å²) >= 11 is 11.7. The van der Waals surface area contributed by atoms with Crippen LogP contribution in [0.15, 0.2) is 52.7 Å². The molecule has 0 N–H and O–H groups in total. The lowest BCUT2D eigenvalue weighted by Crippen LogP contribution is -1.86. The van der Waals surface area contributed by atoms with Gasteiger partial charge in [-0.05, 0) is 24.3 Å². The fourth-order valence-corrected chi connectivity index (χ4v) is 1.82. The Morgan fingerprint density at radius 1 is 1.00 bits per heavy atom. The van der Waals surface area contributed by atoms with Crippen LogP contribution < -0.4 is 0 Å². The molecule has 0 saturated heterocycles. The van der Waals surface area contributed by atoms with E-state index in [1.165, 1.54) is 18.2 Å².